The van der Waals surface area contributed by atoms with Crippen LogP contribution in [0.15, 0.2) is 194 Å². The first-order valence-corrected chi connectivity index (χ1v) is 52.9. The lowest BCUT2D eigenvalue weighted by atomic mass is 9.70. The van der Waals surface area contributed by atoms with E-state index in [0.717, 1.165) is 153 Å². The van der Waals surface area contributed by atoms with Crippen molar-refractivity contribution in [2.45, 2.75) is 269 Å². The van der Waals surface area contributed by atoms with E-state index in [-0.39, 0.29) is 45.8 Å². The van der Waals surface area contributed by atoms with E-state index >= 15 is 0 Å². The molecule has 145 heavy (non-hydrogen) atoms. The number of carboxylic acids is 2. The third kappa shape index (κ3) is 27.5. The summed E-state index contributed by atoms with van der Waals surface area (Å²) >= 11 is 0. The largest absolute Gasteiger partial charge is 0.481 e. The SMILES string of the molecule is COCCOCCCC1(CCCOCCOC)c2cc(-c3ccc(CCCC(=O)O)cc3)ccc2-c2ccc(-c3ccc4c(c3)C(C)(CCCCN)c3cc([B]OC(C)(C)C(C)(C)O)ccc3-4)cc21.COCCOCCCC1(CCCOCCOC)c2cc(-c3ccc(CCCC(=O)O)cc3)ccc2-c2ccc(-c3ccc4c(c3)C(C)(CCCCNC(=O)CC(C)(C)C)c3cc([B]OC(C)(C)C(C)(C)O)ccc3-4)cc21. The van der Waals surface area contributed by atoms with Crippen molar-refractivity contribution in [3.63, 3.8) is 0 Å². The van der Waals surface area contributed by atoms with E-state index in [2.05, 4.69) is 234 Å². The average molecular weight is 1970 g/mol. The van der Waals surface area contributed by atoms with Gasteiger partial charge in [0.15, 0.2) is 0 Å². The van der Waals surface area contributed by atoms with Crippen LogP contribution in [0, 0.1) is 5.41 Å². The second-order valence-corrected chi connectivity index (χ2v) is 44.1. The van der Waals surface area contributed by atoms with E-state index < -0.39 is 34.3 Å². The minimum absolute atomic E-state index is 0.0687. The second-order valence-electron chi connectivity index (χ2n) is 44.1. The number of benzene rings is 10. The van der Waals surface area contributed by atoms with Gasteiger partial charge in [-0.3, -0.25) is 14.4 Å². The Morgan fingerprint density at radius 2 is 0.600 bits per heavy atom. The van der Waals surface area contributed by atoms with Crippen molar-refractivity contribution in [1.82, 2.24) is 5.32 Å². The van der Waals surface area contributed by atoms with Crippen LogP contribution in [0.25, 0.3) is 89.0 Å². The van der Waals surface area contributed by atoms with Crippen LogP contribution < -0.4 is 22.0 Å². The van der Waals surface area contributed by atoms with Gasteiger partial charge in [-0.05, 0) is 351 Å². The number of hydrogen-bond acceptors (Lipinski definition) is 16. The van der Waals surface area contributed by atoms with Crippen LogP contribution in [0.2, 0.25) is 0 Å². The maximum absolute atomic E-state index is 12.8. The van der Waals surface area contributed by atoms with Crippen LogP contribution in [0.1, 0.15) is 268 Å². The molecule has 10 aromatic carbocycles. The summed E-state index contributed by atoms with van der Waals surface area (Å²) in [5, 5.41) is 43.3. The third-order valence-electron chi connectivity index (χ3n) is 31.2. The fourth-order valence-electron chi connectivity index (χ4n) is 21.6. The van der Waals surface area contributed by atoms with Crippen molar-refractivity contribution >= 4 is 43.7 Å². The molecule has 21 heteroatoms. The zero-order valence-electron chi connectivity index (χ0n) is 89.6. The van der Waals surface area contributed by atoms with Gasteiger partial charge >= 0.3 is 26.9 Å². The Bertz CT molecular complexity index is 5950. The van der Waals surface area contributed by atoms with E-state index in [1.54, 1.807) is 71.1 Å². The lowest BCUT2D eigenvalue weighted by Gasteiger charge is -2.37. The molecular formula is C124H160B2N2O17. The lowest BCUT2D eigenvalue weighted by molar-refractivity contribution is -0.138. The summed E-state index contributed by atoms with van der Waals surface area (Å²) in [6.07, 6.45) is 16.2. The highest BCUT2D eigenvalue weighted by Crippen LogP contribution is 2.60. The molecule has 0 bridgehead atoms. The number of aryl methyl sites for hydroxylation is 2. The van der Waals surface area contributed by atoms with Crippen molar-refractivity contribution < 1.29 is 82.0 Å². The Morgan fingerprint density at radius 1 is 0.324 bits per heavy atom. The molecule has 774 valence electrons. The van der Waals surface area contributed by atoms with Gasteiger partial charge in [0.1, 0.15) is 0 Å². The summed E-state index contributed by atoms with van der Waals surface area (Å²) in [5.74, 6) is -1.43. The predicted octanol–water partition coefficient (Wildman–Crippen LogP) is 23.2. The number of ether oxygens (including phenoxy) is 8. The molecule has 0 aromatic heterocycles. The molecule has 0 saturated heterocycles. The highest BCUT2D eigenvalue weighted by molar-refractivity contribution is 6.47. The molecule has 10 aromatic rings. The van der Waals surface area contributed by atoms with Crippen molar-refractivity contribution in [2.75, 3.05) is 121 Å². The first-order chi connectivity index (χ1) is 69.3. The topological polar surface area (TPSA) is 262 Å². The number of nitrogens with two attached hydrogens (primary N) is 1. The van der Waals surface area contributed by atoms with Gasteiger partial charge in [-0.1, -0.05) is 216 Å². The van der Waals surface area contributed by atoms with Gasteiger partial charge in [-0.2, -0.15) is 0 Å². The zero-order chi connectivity index (χ0) is 104. The van der Waals surface area contributed by atoms with Crippen molar-refractivity contribution in [2.24, 2.45) is 11.1 Å². The van der Waals surface area contributed by atoms with Crippen LogP contribution in [0.3, 0.4) is 0 Å². The highest BCUT2D eigenvalue weighted by atomic mass is 16.5. The van der Waals surface area contributed by atoms with Gasteiger partial charge < -0.3 is 78.7 Å². The highest BCUT2D eigenvalue weighted by Gasteiger charge is 2.48. The minimum Gasteiger partial charge on any atom is -0.481 e. The van der Waals surface area contributed by atoms with Crippen LogP contribution >= 0.6 is 0 Å². The van der Waals surface area contributed by atoms with Gasteiger partial charge in [0.2, 0.25) is 5.91 Å². The molecular weight excluding hydrogens is 1810 g/mol. The second kappa shape index (κ2) is 50.5. The molecule has 0 saturated carbocycles. The third-order valence-corrected chi connectivity index (χ3v) is 31.2. The van der Waals surface area contributed by atoms with Crippen LogP contribution in [0.5, 0.6) is 0 Å². The van der Waals surface area contributed by atoms with Gasteiger partial charge in [0.25, 0.3) is 0 Å². The Labute approximate surface area is 865 Å². The zero-order valence-corrected chi connectivity index (χ0v) is 89.6. The molecule has 14 rings (SSSR count). The number of rotatable bonds is 58. The molecule has 0 aliphatic heterocycles. The molecule has 2 radical (unpaired) electrons. The van der Waals surface area contributed by atoms with Crippen LogP contribution in [-0.2, 0) is 96.1 Å². The van der Waals surface area contributed by atoms with Gasteiger partial charge in [0.05, 0.1) is 75.3 Å². The summed E-state index contributed by atoms with van der Waals surface area (Å²) in [6, 6.07) is 72.8. The number of carbonyl (C=O) groups is 3. The number of hydrogen-bond donors (Lipinski definition) is 6. The Kier molecular flexibility index (Phi) is 39.1. The first kappa shape index (κ1) is 112. The first-order valence-electron chi connectivity index (χ1n) is 52.9. The summed E-state index contributed by atoms with van der Waals surface area (Å²) in [5.41, 5.74) is 35.1. The molecule has 2 unspecified atom stereocenters. The van der Waals surface area contributed by atoms with Gasteiger partial charge in [-0.25, -0.2) is 0 Å². The van der Waals surface area contributed by atoms with Crippen molar-refractivity contribution in [3.05, 3.63) is 250 Å². The minimum atomic E-state index is -1.05. The number of aliphatic carboxylic acids is 2. The number of unbranched alkanes of at least 4 members (excludes halogenated alkanes) is 2. The summed E-state index contributed by atoms with van der Waals surface area (Å²) < 4.78 is 58.3. The monoisotopic (exact) mass is 1970 g/mol. The van der Waals surface area contributed by atoms with Gasteiger partial charge in [0, 0.05) is 102 Å². The van der Waals surface area contributed by atoms with E-state index in [1.807, 2.05) is 27.7 Å². The van der Waals surface area contributed by atoms with Crippen LogP contribution in [0.4, 0.5) is 0 Å². The van der Waals surface area contributed by atoms with E-state index in [1.165, 1.54) is 106 Å². The summed E-state index contributed by atoms with van der Waals surface area (Å²) in [6.45, 7) is 34.1. The molecule has 0 spiro atoms. The maximum Gasteiger partial charge on any atom is 0.330 e. The number of amides is 1. The fourth-order valence-corrected chi connectivity index (χ4v) is 21.6. The maximum atomic E-state index is 12.8. The lowest BCUT2D eigenvalue weighted by Crippen LogP contribution is -2.49. The van der Waals surface area contributed by atoms with Crippen molar-refractivity contribution in [1.29, 1.82) is 0 Å². The van der Waals surface area contributed by atoms with Crippen LogP contribution in [-0.4, -0.2) is 196 Å². The quantitative estimate of drug-likeness (QED) is 0.0153. The number of carboxylic acid groups (broad SMARTS) is 2. The molecule has 4 aliphatic rings. The summed E-state index contributed by atoms with van der Waals surface area (Å²) in [4.78, 5) is 35.2. The predicted molar refractivity (Wildman–Crippen MR) is 587 cm³/mol. The van der Waals surface area contributed by atoms with E-state index in [9.17, 15) is 34.8 Å². The Morgan fingerprint density at radius 3 is 0.890 bits per heavy atom. The molecule has 2 atom stereocenters. The normalized spacial score (nSPS) is 15.6. The number of carbonyl (C=O) groups excluding carboxylic acids is 1. The average Bonchev–Trinajstić information content (AvgIpc) is 1.55. The summed E-state index contributed by atoms with van der Waals surface area (Å²) in [7, 11) is 10.4. The Hall–Kier alpha value is -9.78. The number of fused-ring (bicyclic) bond motifs is 12. The number of nitrogens with one attached hydrogen (secondary N) is 1. The number of aliphatic hydroxyl groups is 2. The fraction of sp³-hybridized carbons (Fsp3) is 0.492. The molecule has 7 N–H and O–H groups in total. The molecule has 1 amide bonds. The van der Waals surface area contributed by atoms with Crippen molar-refractivity contribution in [3.8, 4) is 89.0 Å². The van der Waals surface area contributed by atoms with E-state index in [0.29, 0.717) is 112 Å². The Balaban J connectivity index is 0.000000244. The van der Waals surface area contributed by atoms with E-state index in [4.69, 9.17) is 52.9 Å². The molecule has 0 fully saturated rings. The standard InChI is InChI=1S/C65H85BNO9.C59H75BNO8/c1-61(2,3)44-59(68)67-33-12-11-30-64(8)55-40-48(23-26-51(55)52-29-25-50(43-56(52)64)66-76-63(6,7)62(4,5)71)49-24-28-54-53-27-22-47(46-20-18-45(19-21-46)16-13-17-60(69)70)41-57(53)65(58(54)42-49,31-14-34-74-38-36-72-9)32-15-35-75-39-37-73-10;1-56(2,64)57(3,4)69-60-46-22-26-48-47-23-20-44(37-51(47)58(5,52(48)40-46)27-8-9-30-61)45-21-25-50-49-24-19-43(42-17-15-41(16-18-42)13-10-14-55(62)63)38-53(49)59(54(50)39-45,28-11-31-67-35-33-65-6)29-12-32-68-36-34-66-7/h18-29,40-43,71H,11-17,30-39,44H2,1-10H3,(H,67,68)(H,69,70);15-26,37-40,64H,8-14,27-36,61H2,1-7H3,(H,62,63). The number of methoxy groups -OCH3 is 4. The smallest absolute Gasteiger partial charge is 0.330 e. The molecule has 4 aliphatic carbocycles. The van der Waals surface area contributed by atoms with Gasteiger partial charge in [-0.15, -0.1) is 0 Å². The molecule has 0 heterocycles. The molecule has 19 nitrogen and oxygen atoms in total.